The summed E-state index contributed by atoms with van der Waals surface area (Å²) in [4.78, 5) is 22.5. The third-order valence-electron chi connectivity index (χ3n) is 6.63. The van der Waals surface area contributed by atoms with Crippen LogP contribution in [-0.4, -0.2) is 82.6 Å². The molecule has 5 rings (SSSR count). The van der Waals surface area contributed by atoms with E-state index in [4.69, 9.17) is 4.98 Å². The summed E-state index contributed by atoms with van der Waals surface area (Å²) < 4.78 is 25.5. The van der Waals surface area contributed by atoms with E-state index in [1.165, 1.54) is 0 Å². The number of rotatable bonds is 4. The summed E-state index contributed by atoms with van der Waals surface area (Å²) in [6, 6.07) is 2.26. The van der Waals surface area contributed by atoms with Crippen LogP contribution in [0, 0.1) is 0 Å². The normalized spacial score (nSPS) is 24.8. The first-order valence-corrected chi connectivity index (χ1v) is 12.8. The molecule has 30 heavy (non-hydrogen) atoms. The lowest BCUT2D eigenvalue weighted by molar-refractivity contribution is 0.0589. The molecule has 9 heteroatoms. The van der Waals surface area contributed by atoms with Crippen LogP contribution in [0.25, 0.3) is 11.0 Å². The number of hydrogen-bond donors (Lipinski definition) is 0. The highest BCUT2D eigenvalue weighted by Crippen LogP contribution is 2.40. The van der Waals surface area contributed by atoms with Crippen LogP contribution < -0.4 is 0 Å². The van der Waals surface area contributed by atoms with E-state index < -0.39 is 9.84 Å². The van der Waals surface area contributed by atoms with Crippen LogP contribution in [0.2, 0.25) is 0 Å². The lowest BCUT2D eigenvalue weighted by Crippen LogP contribution is -2.52. The van der Waals surface area contributed by atoms with Gasteiger partial charge in [-0.05, 0) is 39.2 Å². The van der Waals surface area contributed by atoms with Gasteiger partial charge in [-0.2, -0.15) is 5.10 Å². The Hall–Kier alpha value is -2.00. The zero-order chi connectivity index (χ0) is 21.0. The first-order chi connectivity index (χ1) is 14.3. The fraction of sp³-hybridized carbons (Fsp3) is 0.667. The van der Waals surface area contributed by atoms with Crippen LogP contribution in [0.4, 0.5) is 0 Å². The van der Waals surface area contributed by atoms with Crippen molar-refractivity contribution in [1.29, 1.82) is 0 Å². The van der Waals surface area contributed by atoms with Crippen LogP contribution in [-0.2, 0) is 9.84 Å². The highest BCUT2D eigenvalue weighted by atomic mass is 32.2. The van der Waals surface area contributed by atoms with Gasteiger partial charge < -0.3 is 4.90 Å². The van der Waals surface area contributed by atoms with Gasteiger partial charge in [0.25, 0.3) is 5.91 Å². The second-order valence-corrected chi connectivity index (χ2v) is 11.4. The molecule has 0 aromatic carbocycles. The predicted molar refractivity (Wildman–Crippen MR) is 114 cm³/mol. The van der Waals surface area contributed by atoms with E-state index in [0.717, 1.165) is 42.7 Å². The second-order valence-electron chi connectivity index (χ2n) is 9.17. The Morgan fingerprint density at radius 3 is 2.47 bits per heavy atom. The number of carbonyl (C=O) groups is 1. The van der Waals surface area contributed by atoms with Crippen LogP contribution >= 0.6 is 0 Å². The molecule has 0 radical (unpaired) electrons. The summed E-state index contributed by atoms with van der Waals surface area (Å²) in [5, 5.41) is 5.32. The zero-order valence-electron chi connectivity index (χ0n) is 17.6. The van der Waals surface area contributed by atoms with Crippen molar-refractivity contribution in [2.24, 2.45) is 0 Å². The van der Waals surface area contributed by atoms with Gasteiger partial charge >= 0.3 is 0 Å². The van der Waals surface area contributed by atoms with E-state index in [1.807, 2.05) is 15.6 Å². The van der Waals surface area contributed by atoms with Crippen molar-refractivity contribution < 1.29 is 13.2 Å². The fourth-order valence-electron chi connectivity index (χ4n) is 4.70. The van der Waals surface area contributed by atoms with E-state index in [1.54, 1.807) is 6.20 Å². The molecule has 4 heterocycles. The molecule has 3 fully saturated rings. The minimum atomic E-state index is -2.89. The summed E-state index contributed by atoms with van der Waals surface area (Å²) in [5.74, 6) is 1.03. The van der Waals surface area contributed by atoms with Gasteiger partial charge in [0, 0.05) is 49.9 Å². The van der Waals surface area contributed by atoms with Gasteiger partial charge in [0.1, 0.15) is 0 Å². The van der Waals surface area contributed by atoms with Crippen molar-refractivity contribution in [3.8, 4) is 0 Å². The smallest absolute Gasteiger partial charge is 0.254 e. The van der Waals surface area contributed by atoms with E-state index in [9.17, 15) is 13.2 Å². The molecule has 162 valence electrons. The number of pyridine rings is 1. The Morgan fingerprint density at radius 1 is 1.13 bits per heavy atom. The molecule has 1 aliphatic carbocycles. The average Bonchev–Trinajstić information content (AvgIpc) is 3.38. The third kappa shape index (κ3) is 3.62. The molecule has 2 aromatic heterocycles. The molecule has 1 saturated carbocycles. The maximum Gasteiger partial charge on any atom is 0.254 e. The molecule has 2 aromatic rings. The molecule has 0 unspecified atom stereocenters. The van der Waals surface area contributed by atoms with Crippen molar-refractivity contribution in [3.63, 3.8) is 0 Å². The topological polar surface area (TPSA) is 88.4 Å². The SMILES string of the molecule is CC(C)n1ncc2c(C(=O)N3CCN([C@H]4CCS(=O)(=O)C4)CC3)cc(C3CC3)nc21. The summed E-state index contributed by atoms with van der Waals surface area (Å²) >= 11 is 0. The van der Waals surface area contributed by atoms with Crippen molar-refractivity contribution in [3.05, 3.63) is 23.5 Å². The molecule has 2 aliphatic heterocycles. The lowest BCUT2D eigenvalue weighted by atomic mass is 10.1. The Balaban J connectivity index is 1.37. The monoisotopic (exact) mass is 431 g/mol. The minimum absolute atomic E-state index is 0.0336. The van der Waals surface area contributed by atoms with Crippen LogP contribution in [0.1, 0.15) is 61.1 Å². The molecule has 0 spiro atoms. The first-order valence-electron chi connectivity index (χ1n) is 10.9. The number of amides is 1. The minimum Gasteiger partial charge on any atom is -0.336 e. The summed E-state index contributed by atoms with van der Waals surface area (Å²) in [6.45, 7) is 6.83. The van der Waals surface area contributed by atoms with Gasteiger partial charge in [-0.15, -0.1) is 0 Å². The molecular weight excluding hydrogens is 402 g/mol. The number of piperazine rings is 1. The predicted octanol–water partition coefficient (Wildman–Crippen LogP) is 1.83. The van der Waals surface area contributed by atoms with Gasteiger partial charge in [-0.3, -0.25) is 9.69 Å². The van der Waals surface area contributed by atoms with Crippen molar-refractivity contribution in [2.45, 2.75) is 51.1 Å². The quantitative estimate of drug-likeness (QED) is 0.734. The Labute approximate surface area is 177 Å². The van der Waals surface area contributed by atoms with Crippen LogP contribution in [0.3, 0.4) is 0 Å². The summed E-state index contributed by atoms with van der Waals surface area (Å²) in [7, 11) is -2.89. The Bertz CT molecular complexity index is 1080. The van der Waals surface area contributed by atoms with Crippen molar-refractivity contribution in [2.75, 3.05) is 37.7 Å². The molecule has 8 nitrogen and oxygen atoms in total. The number of hydrogen-bond acceptors (Lipinski definition) is 6. The largest absolute Gasteiger partial charge is 0.336 e. The number of sulfone groups is 1. The van der Waals surface area contributed by atoms with Crippen molar-refractivity contribution >= 4 is 26.8 Å². The molecule has 0 bridgehead atoms. The van der Waals surface area contributed by atoms with E-state index in [2.05, 4.69) is 23.8 Å². The molecule has 3 aliphatic rings. The van der Waals surface area contributed by atoms with Crippen molar-refractivity contribution in [1.82, 2.24) is 24.6 Å². The maximum atomic E-state index is 13.5. The molecule has 1 atom stereocenters. The second kappa shape index (κ2) is 7.30. The maximum absolute atomic E-state index is 13.5. The Morgan fingerprint density at radius 2 is 1.87 bits per heavy atom. The molecular formula is C21H29N5O3S. The van der Waals surface area contributed by atoms with Gasteiger partial charge in [0.15, 0.2) is 15.5 Å². The fourth-order valence-corrected chi connectivity index (χ4v) is 6.47. The Kier molecular flexibility index (Phi) is 4.85. The third-order valence-corrected chi connectivity index (χ3v) is 8.38. The number of nitrogens with zero attached hydrogens (tertiary/aromatic N) is 5. The van der Waals surface area contributed by atoms with E-state index in [0.29, 0.717) is 31.0 Å². The average molecular weight is 432 g/mol. The molecule has 2 saturated heterocycles. The standard InChI is InChI=1S/C21H29N5O3S/c1-14(2)26-20-18(12-22-26)17(11-19(23-20)15-3-4-15)21(27)25-8-6-24(7-9-25)16-5-10-30(28,29)13-16/h11-12,14-16H,3-10,13H2,1-2H3/t16-/m0/s1. The van der Waals surface area contributed by atoms with E-state index >= 15 is 0 Å². The number of carbonyl (C=O) groups excluding carboxylic acids is 1. The van der Waals surface area contributed by atoms with E-state index in [-0.39, 0.29) is 29.5 Å². The van der Waals surface area contributed by atoms with Gasteiger partial charge in [-0.1, -0.05) is 0 Å². The highest BCUT2D eigenvalue weighted by Gasteiger charge is 2.35. The molecule has 1 amide bonds. The van der Waals surface area contributed by atoms with Crippen LogP contribution in [0.5, 0.6) is 0 Å². The van der Waals surface area contributed by atoms with Gasteiger partial charge in [0.2, 0.25) is 0 Å². The summed E-state index contributed by atoms with van der Waals surface area (Å²) in [6.07, 6.45) is 4.74. The number of aromatic nitrogens is 3. The van der Waals surface area contributed by atoms with Crippen LogP contribution in [0.15, 0.2) is 12.3 Å². The molecule has 0 N–H and O–H groups in total. The first kappa shape index (κ1) is 19.9. The number of fused-ring (bicyclic) bond motifs is 1. The lowest BCUT2D eigenvalue weighted by Gasteiger charge is -2.37. The zero-order valence-corrected chi connectivity index (χ0v) is 18.4. The van der Waals surface area contributed by atoms with Gasteiger partial charge in [0.05, 0.1) is 28.7 Å². The summed E-state index contributed by atoms with van der Waals surface area (Å²) in [5.41, 5.74) is 2.50. The highest BCUT2D eigenvalue weighted by molar-refractivity contribution is 7.91. The van der Waals surface area contributed by atoms with Gasteiger partial charge in [-0.25, -0.2) is 18.1 Å².